The van der Waals surface area contributed by atoms with E-state index in [-0.39, 0.29) is 16.8 Å². The van der Waals surface area contributed by atoms with E-state index in [2.05, 4.69) is 4.74 Å². The largest absolute Gasteiger partial charge is 0.573 e. The third kappa shape index (κ3) is 7.42. The van der Waals surface area contributed by atoms with Gasteiger partial charge in [0.15, 0.2) is 0 Å². The van der Waals surface area contributed by atoms with Gasteiger partial charge in [-0.3, -0.25) is 9.10 Å². The van der Waals surface area contributed by atoms with Gasteiger partial charge in [-0.05, 0) is 56.7 Å². The molecule has 0 bridgehead atoms. The molecule has 2 aromatic rings. The van der Waals surface area contributed by atoms with Crippen molar-refractivity contribution in [2.45, 2.75) is 32.7 Å². The number of carbonyl (C=O) groups is 1. The number of halogens is 4. The van der Waals surface area contributed by atoms with E-state index in [4.69, 9.17) is 4.74 Å². The van der Waals surface area contributed by atoms with Crippen molar-refractivity contribution in [2.75, 3.05) is 17.1 Å². The fourth-order valence-corrected chi connectivity index (χ4v) is 3.48. The van der Waals surface area contributed by atoms with E-state index in [0.717, 1.165) is 24.5 Å². The van der Waals surface area contributed by atoms with Crippen molar-refractivity contribution in [2.24, 2.45) is 0 Å². The molecular weight excluding hydrogens is 442 g/mol. The second kappa shape index (κ2) is 8.74. The molecule has 170 valence electrons. The molecule has 0 aliphatic rings. The van der Waals surface area contributed by atoms with Crippen molar-refractivity contribution in [3.63, 3.8) is 0 Å². The second-order valence-corrected chi connectivity index (χ2v) is 9.50. The van der Waals surface area contributed by atoms with E-state index in [1.807, 2.05) is 0 Å². The van der Waals surface area contributed by atoms with E-state index in [1.54, 1.807) is 20.8 Å². The van der Waals surface area contributed by atoms with Crippen LogP contribution in [-0.2, 0) is 19.6 Å². The van der Waals surface area contributed by atoms with E-state index < -0.39 is 46.1 Å². The number of hydrogen-bond donors (Lipinski definition) is 0. The molecule has 0 heterocycles. The number of anilines is 1. The molecule has 0 amide bonds. The fourth-order valence-electron chi connectivity index (χ4n) is 2.65. The molecule has 0 aliphatic carbocycles. The van der Waals surface area contributed by atoms with Gasteiger partial charge in [-0.2, -0.15) is 0 Å². The molecule has 2 rings (SSSR count). The van der Waals surface area contributed by atoms with Crippen molar-refractivity contribution in [1.29, 1.82) is 0 Å². The average molecular weight is 463 g/mol. The number of hydrogen-bond acceptors (Lipinski definition) is 5. The SMILES string of the molecule is CC(C)(C)OC(=O)CN(c1ccc(-c2cccc(OC(F)(F)F)c2)c(F)c1)S(C)(=O)=O. The predicted octanol–water partition coefficient (Wildman–Crippen LogP) is 4.50. The van der Waals surface area contributed by atoms with Gasteiger partial charge < -0.3 is 9.47 Å². The highest BCUT2D eigenvalue weighted by atomic mass is 32.2. The lowest BCUT2D eigenvalue weighted by atomic mass is 10.0. The molecule has 6 nitrogen and oxygen atoms in total. The zero-order valence-electron chi connectivity index (χ0n) is 17.2. The first-order valence-electron chi connectivity index (χ1n) is 8.90. The molecular formula is C20H21F4NO5S. The minimum Gasteiger partial charge on any atom is -0.459 e. The molecule has 0 N–H and O–H groups in total. The zero-order valence-corrected chi connectivity index (χ0v) is 18.0. The van der Waals surface area contributed by atoms with Crippen LogP contribution in [0.15, 0.2) is 42.5 Å². The Balaban J connectivity index is 2.37. The Bertz CT molecular complexity index is 1060. The number of esters is 1. The molecule has 0 radical (unpaired) electrons. The molecule has 0 unspecified atom stereocenters. The Morgan fingerprint density at radius 3 is 2.23 bits per heavy atom. The average Bonchev–Trinajstić information content (AvgIpc) is 2.55. The first kappa shape index (κ1) is 24.4. The van der Waals surface area contributed by atoms with Gasteiger partial charge in [0.1, 0.15) is 23.7 Å². The summed E-state index contributed by atoms with van der Waals surface area (Å²) in [4.78, 5) is 12.1. The number of nitrogens with zero attached hydrogens (tertiary/aromatic N) is 1. The van der Waals surface area contributed by atoms with Gasteiger partial charge in [0.2, 0.25) is 10.0 Å². The lowest BCUT2D eigenvalue weighted by molar-refractivity contribution is -0.274. The first-order chi connectivity index (χ1) is 14.0. The van der Waals surface area contributed by atoms with E-state index >= 15 is 0 Å². The van der Waals surface area contributed by atoms with Crippen LogP contribution >= 0.6 is 0 Å². The lowest BCUT2D eigenvalue weighted by Gasteiger charge is -2.25. The summed E-state index contributed by atoms with van der Waals surface area (Å²) in [5, 5.41) is 0. The van der Waals surface area contributed by atoms with Gasteiger partial charge in [0, 0.05) is 5.56 Å². The maximum atomic E-state index is 14.8. The highest BCUT2D eigenvalue weighted by Gasteiger charge is 2.31. The van der Waals surface area contributed by atoms with Crippen LogP contribution in [0.1, 0.15) is 20.8 Å². The zero-order chi connectivity index (χ0) is 23.6. The van der Waals surface area contributed by atoms with Crippen LogP contribution in [0.4, 0.5) is 23.2 Å². The summed E-state index contributed by atoms with van der Waals surface area (Å²) in [6.07, 6.45) is -4.06. The van der Waals surface area contributed by atoms with E-state index in [1.165, 1.54) is 24.3 Å². The first-order valence-corrected chi connectivity index (χ1v) is 10.8. The number of benzene rings is 2. The lowest BCUT2D eigenvalue weighted by Crippen LogP contribution is -2.38. The van der Waals surface area contributed by atoms with Crippen molar-refractivity contribution >= 4 is 21.7 Å². The molecule has 0 aromatic heterocycles. The highest BCUT2D eigenvalue weighted by molar-refractivity contribution is 7.92. The van der Waals surface area contributed by atoms with Gasteiger partial charge in [-0.1, -0.05) is 12.1 Å². The smallest absolute Gasteiger partial charge is 0.459 e. The number of sulfonamides is 1. The van der Waals surface area contributed by atoms with Crippen LogP contribution in [0.2, 0.25) is 0 Å². The summed E-state index contributed by atoms with van der Waals surface area (Å²) in [6, 6.07) is 8.01. The normalized spacial score (nSPS) is 12.4. The van der Waals surface area contributed by atoms with Gasteiger partial charge in [0.25, 0.3) is 0 Å². The molecule has 0 saturated carbocycles. The number of ether oxygens (including phenoxy) is 2. The molecule has 0 fully saturated rings. The third-order valence-electron chi connectivity index (χ3n) is 3.71. The minimum absolute atomic E-state index is 0.0814. The molecule has 0 saturated heterocycles. The van der Waals surface area contributed by atoms with Crippen molar-refractivity contribution in [3.8, 4) is 16.9 Å². The minimum atomic E-state index is -4.90. The Hall–Kier alpha value is -2.82. The van der Waals surface area contributed by atoms with E-state index in [9.17, 15) is 30.8 Å². The van der Waals surface area contributed by atoms with Crippen molar-refractivity contribution in [3.05, 3.63) is 48.3 Å². The highest BCUT2D eigenvalue weighted by Crippen LogP contribution is 2.31. The van der Waals surface area contributed by atoms with Crippen molar-refractivity contribution < 1.29 is 40.2 Å². The maximum Gasteiger partial charge on any atom is 0.573 e. The topological polar surface area (TPSA) is 72.9 Å². The number of rotatable bonds is 6. The summed E-state index contributed by atoms with van der Waals surface area (Å²) in [7, 11) is -3.97. The van der Waals surface area contributed by atoms with Crippen molar-refractivity contribution in [1.82, 2.24) is 0 Å². The summed E-state index contributed by atoms with van der Waals surface area (Å²) in [6.45, 7) is 4.16. The number of alkyl halides is 3. The predicted molar refractivity (Wildman–Crippen MR) is 107 cm³/mol. The Morgan fingerprint density at radius 2 is 1.71 bits per heavy atom. The number of carbonyl (C=O) groups excluding carboxylic acids is 1. The standard InChI is InChI=1S/C20H21F4NO5S/c1-19(2,3)30-18(26)12-25(31(4,27)28)14-8-9-16(17(21)11-14)13-6-5-7-15(10-13)29-20(22,23)24/h5-11H,12H2,1-4H3. The summed E-state index contributed by atoms with van der Waals surface area (Å²) in [5.74, 6) is -2.27. The van der Waals surface area contributed by atoms with Crippen LogP contribution in [0.3, 0.4) is 0 Å². The van der Waals surface area contributed by atoms with Gasteiger partial charge in [-0.15, -0.1) is 13.2 Å². The Kier molecular flexibility index (Phi) is 6.89. The van der Waals surface area contributed by atoms with Crippen LogP contribution in [0, 0.1) is 5.82 Å². The molecule has 0 atom stereocenters. The molecule has 31 heavy (non-hydrogen) atoms. The van der Waals surface area contributed by atoms with Crippen LogP contribution in [0.25, 0.3) is 11.1 Å². The van der Waals surface area contributed by atoms with Crippen LogP contribution < -0.4 is 9.04 Å². The van der Waals surface area contributed by atoms with Gasteiger partial charge >= 0.3 is 12.3 Å². The maximum absolute atomic E-state index is 14.8. The molecule has 2 aromatic carbocycles. The molecule has 0 spiro atoms. The van der Waals surface area contributed by atoms with Gasteiger partial charge in [-0.25, -0.2) is 12.8 Å². The second-order valence-electron chi connectivity index (χ2n) is 7.60. The molecule has 0 aliphatic heterocycles. The Labute approximate surface area is 177 Å². The van der Waals surface area contributed by atoms with Crippen LogP contribution in [0.5, 0.6) is 5.75 Å². The monoisotopic (exact) mass is 463 g/mol. The quantitative estimate of drug-likeness (QED) is 0.466. The summed E-state index contributed by atoms with van der Waals surface area (Å²) in [5.41, 5.74) is -0.984. The fraction of sp³-hybridized carbons (Fsp3) is 0.350. The summed E-state index contributed by atoms with van der Waals surface area (Å²) >= 11 is 0. The third-order valence-corrected chi connectivity index (χ3v) is 4.85. The van der Waals surface area contributed by atoms with Crippen LogP contribution in [-0.4, -0.2) is 39.2 Å². The summed E-state index contributed by atoms with van der Waals surface area (Å²) < 4.78 is 85.9. The van der Waals surface area contributed by atoms with E-state index in [0.29, 0.717) is 4.31 Å². The Morgan fingerprint density at radius 1 is 1.06 bits per heavy atom. The molecule has 11 heteroatoms. The van der Waals surface area contributed by atoms with Gasteiger partial charge in [0.05, 0.1) is 11.9 Å².